The summed E-state index contributed by atoms with van der Waals surface area (Å²) in [6.45, 7) is 0.907. The Hall–Kier alpha value is -1.36. The third kappa shape index (κ3) is 2.41. The van der Waals surface area contributed by atoms with E-state index in [0.29, 0.717) is 5.75 Å². The first-order valence-corrected chi connectivity index (χ1v) is 5.94. The van der Waals surface area contributed by atoms with Gasteiger partial charge >= 0.3 is 0 Å². The Bertz CT molecular complexity index is 418. The van der Waals surface area contributed by atoms with Crippen molar-refractivity contribution < 1.29 is 18.3 Å². The summed E-state index contributed by atoms with van der Waals surface area (Å²) >= 11 is 0. The smallest absolute Gasteiger partial charge is 0.267 e. The standard InChI is InChI=1S/C13H17F2NO2/c1-17-11-7-12(18-2)9(13(14)15)6-8(11)10-4-3-5-16-10/h6-7,10,13,16H,3-5H2,1-2H3. The van der Waals surface area contributed by atoms with Gasteiger partial charge in [-0.15, -0.1) is 0 Å². The molecule has 1 saturated heterocycles. The van der Waals surface area contributed by atoms with Crippen molar-refractivity contribution in [3.8, 4) is 11.5 Å². The molecular formula is C13H17F2NO2. The van der Waals surface area contributed by atoms with Gasteiger partial charge in [0.25, 0.3) is 6.43 Å². The van der Waals surface area contributed by atoms with E-state index in [1.165, 1.54) is 26.4 Å². The summed E-state index contributed by atoms with van der Waals surface area (Å²) in [5, 5.41) is 3.29. The number of hydrogen-bond acceptors (Lipinski definition) is 3. The maximum absolute atomic E-state index is 13.0. The highest BCUT2D eigenvalue weighted by atomic mass is 19.3. The molecule has 1 N–H and O–H groups in total. The van der Waals surface area contributed by atoms with Crippen LogP contribution in [0.5, 0.6) is 11.5 Å². The van der Waals surface area contributed by atoms with Crippen molar-refractivity contribution in [1.29, 1.82) is 0 Å². The van der Waals surface area contributed by atoms with Crippen LogP contribution in [0, 0.1) is 0 Å². The Morgan fingerprint density at radius 3 is 2.44 bits per heavy atom. The molecule has 0 bridgehead atoms. The molecule has 18 heavy (non-hydrogen) atoms. The summed E-state index contributed by atoms with van der Waals surface area (Å²) < 4.78 is 36.2. The molecule has 0 radical (unpaired) electrons. The molecule has 1 aromatic rings. The minimum Gasteiger partial charge on any atom is -0.496 e. The fourth-order valence-corrected chi connectivity index (χ4v) is 2.34. The lowest BCUT2D eigenvalue weighted by atomic mass is 10.0. The molecule has 1 aliphatic rings. The summed E-state index contributed by atoms with van der Waals surface area (Å²) in [6, 6.07) is 3.12. The van der Waals surface area contributed by atoms with E-state index in [4.69, 9.17) is 9.47 Å². The average molecular weight is 257 g/mol. The van der Waals surface area contributed by atoms with Crippen molar-refractivity contribution in [2.45, 2.75) is 25.3 Å². The normalized spacial score (nSPS) is 19.3. The molecular weight excluding hydrogens is 240 g/mol. The number of nitrogens with one attached hydrogen (secondary N) is 1. The van der Waals surface area contributed by atoms with E-state index in [9.17, 15) is 8.78 Å². The van der Waals surface area contributed by atoms with Gasteiger partial charge in [-0.1, -0.05) is 0 Å². The summed E-state index contributed by atoms with van der Waals surface area (Å²) in [4.78, 5) is 0. The molecule has 100 valence electrons. The fraction of sp³-hybridized carbons (Fsp3) is 0.538. The Labute approximate surface area is 105 Å². The van der Waals surface area contributed by atoms with Crippen molar-refractivity contribution >= 4 is 0 Å². The minimum absolute atomic E-state index is 0.0815. The Kier molecular flexibility index (Phi) is 4.01. The number of alkyl halides is 2. The Morgan fingerprint density at radius 2 is 1.94 bits per heavy atom. The van der Waals surface area contributed by atoms with E-state index in [1.807, 2.05) is 0 Å². The predicted molar refractivity (Wildman–Crippen MR) is 64.5 cm³/mol. The van der Waals surface area contributed by atoms with Crippen molar-refractivity contribution in [2.75, 3.05) is 20.8 Å². The highest BCUT2D eigenvalue weighted by molar-refractivity contribution is 5.48. The number of benzene rings is 1. The highest BCUT2D eigenvalue weighted by Gasteiger charge is 2.24. The predicted octanol–water partition coefficient (Wildman–Crippen LogP) is 3.07. The topological polar surface area (TPSA) is 30.5 Å². The van der Waals surface area contributed by atoms with Crippen LogP contribution in [-0.4, -0.2) is 20.8 Å². The van der Waals surface area contributed by atoms with Crippen molar-refractivity contribution in [1.82, 2.24) is 5.32 Å². The van der Waals surface area contributed by atoms with Gasteiger partial charge in [-0.2, -0.15) is 0 Å². The van der Waals surface area contributed by atoms with E-state index in [2.05, 4.69) is 5.32 Å². The van der Waals surface area contributed by atoms with Crippen molar-refractivity contribution in [3.05, 3.63) is 23.3 Å². The van der Waals surface area contributed by atoms with Crippen molar-refractivity contribution in [3.63, 3.8) is 0 Å². The Morgan fingerprint density at radius 1 is 1.22 bits per heavy atom. The molecule has 0 saturated carbocycles. The zero-order chi connectivity index (χ0) is 13.1. The van der Waals surface area contributed by atoms with Gasteiger partial charge in [0.2, 0.25) is 0 Å². The number of halogens is 2. The third-order valence-corrected chi connectivity index (χ3v) is 3.25. The van der Waals surface area contributed by atoms with Gasteiger partial charge < -0.3 is 14.8 Å². The molecule has 1 aliphatic heterocycles. The number of hydrogen-bond donors (Lipinski definition) is 1. The molecule has 0 spiro atoms. The van der Waals surface area contributed by atoms with Crippen LogP contribution in [-0.2, 0) is 0 Å². The van der Waals surface area contributed by atoms with E-state index in [-0.39, 0.29) is 17.4 Å². The fourth-order valence-electron chi connectivity index (χ4n) is 2.34. The maximum Gasteiger partial charge on any atom is 0.267 e. The summed E-state index contributed by atoms with van der Waals surface area (Å²) in [5.74, 6) is 0.763. The molecule has 1 aromatic carbocycles. The molecule has 1 atom stereocenters. The lowest BCUT2D eigenvalue weighted by Gasteiger charge is -2.18. The molecule has 0 aliphatic carbocycles. The van der Waals surface area contributed by atoms with E-state index in [1.54, 1.807) is 0 Å². The molecule has 1 fully saturated rings. The van der Waals surface area contributed by atoms with E-state index in [0.717, 1.165) is 24.9 Å². The zero-order valence-corrected chi connectivity index (χ0v) is 10.5. The van der Waals surface area contributed by atoms with Gasteiger partial charge in [0.05, 0.1) is 19.8 Å². The minimum atomic E-state index is -2.55. The number of ether oxygens (including phenoxy) is 2. The van der Waals surface area contributed by atoms with Gasteiger partial charge in [-0.25, -0.2) is 8.78 Å². The van der Waals surface area contributed by atoms with E-state index < -0.39 is 6.43 Å². The molecule has 3 nitrogen and oxygen atoms in total. The first-order valence-electron chi connectivity index (χ1n) is 5.94. The molecule has 2 rings (SSSR count). The van der Waals surface area contributed by atoms with Crippen LogP contribution < -0.4 is 14.8 Å². The summed E-state index contributed by atoms with van der Waals surface area (Å²) in [6.07, 6.45) is -0.569. The van der Waals surface area contributed by atoms with Crippen LogP contribution in [0.4, 0.5) is 8.78 Å². The largest absolute Gasteiger partial charge is 0.496 e. The number of methoxy groups -OCH3 is 2. The highest BCUT2D eigenvalue weighted by Crippen LogP contribution is 2.39. The van der Waals surface area contributed by atoms with Crippen LogP contribution in [0.25, 0.3) is 0 Å². The molecule has 1 unspecified atom stereocenters. The van der Waals surface area contributed by atoms with E-state index >= 15 is 0 Å². The van der Waals surface area contributed by atoms with Gasteiger partial charge in [-0.05, 0) is 25.5 Å². The Balaban J connectivity index is 2.46. The second kappa shape index (κ2) is 5.52. The van der Waals surface area contributed by atoms with Gasteiger partial charge in [0, 0.05) is 17.7 Å². The van der Waals surface area contributed by atoms with Gasteiger partial charge in [-0.3, -0.25) is 0 Å². The zero-order valence-electron chi connectivity index (χ0n) is 10.5. The molecule has 0 amide bonds. The van der Waals surface area contributed by atoms with Crippen LogP contribution in [0.1, 0.15) is 36.4 Å². The lowest BCUT2D eigenvalue weighted by molar-refractivity contribution is 0.146. The monoisotopic (exact) mass is 257 g/mol. The average Bonchev–Trinajstić information content (AvgIpc) is 2.90. The van der Waals surface area contributed by atoms with Crippen LogP contribution in [0.15, 0.2) is 12.1 Å². The first-order chi connectivity index (χ1) is 8.67. The van der Waals surface area contributed by atoms with Crippen molar-refractivity contribution in [2.24, 2.45) is 0 Å². The quantitative estimate of drug-likeness (QED) is 0.899. The van der Waals surface area contributed by atoms with Crippen LogP contribution in [0.3, 0.4) is 0 Å². The summed E-state index contributed by atoms with van der Waals surface area (Å²) in [7, 11) is 2.92. The summed E-state index contributed by atoms with van der Waals surface area (Å²) in [5.41, 5.74) is 0.702. The second-order valence-corrected chi connectivity index (χ2v) is 4.29. The second-order valence-electron chi connectivity index (χ2n) is 4.29. The number of rotatable bonds is 4. The molecule has 1 heterocycles. The third-order valence-electron chi connectivity index (χ3n) is 3.25. The van der Waals surface area contributed by atoms with Crippen LogP contribution in [0.2, 0.25) is 0 Å². The molecule has 5 heteroatoms. The lowest BCUT2D eigenvalue weighted by Crippen LogP contribution is -2.14. The maximum atomic E-state index is 13.0. The SMILES string of the molecule is COc1cc(OC)c(C2CCCN2)cc1C(F)F. The van der Waals surface area contributed by atoms with Crippen LogP contribution >= 0.6 is 0 Å². The van der Waals surface area contributed by atoms with Gasteiger partial charge in [0.15, 0.2) is 0 Å². The van der Waals surface area contributed by atoms with Gasteiger partial charge in [0.1, 0.15) is 11.5 Å². The first kappa shape index (κ1) is 13.1. The molecule has 0 aromatic heterocycles.